The summed E-state index contributed by atoms with van der Waals surface area (Å²) in [6, 6.07) is 5.86. The van der Waals surface area contributed by atoms with Gasteiger partial charge in [-0.05, 0) is 47.0 Å². The van der Waals surface area contributed by atoms with Gasteiger partial charge >= 0.3 is 5.97 Å². The summed E-state index contributed by atoms with van der Waals surface area (Å²) in [4.78, 5) is 26.9. The van der Waals surface area contributed by atoms with Crippen molar-refractivity contribution in [2.45, 2.75) is 26.8 Å². The van der Waals surface area contributed by atoms with E-state index in [0.29, 0.717) is 5.39 Å². The fourth-order valence-corrected chi connectivity index (χ4v) is 2.80. The molecule has 2 aromatic rings. The zero-order valence-electron chi connectivity index (χ0n) is 14.4. The van der Waals surface area contributed by atoms with E-state index in [2.05, 4.69) is 11.8 Å². The summed E-state index contributed by atoms with van der Waals surface area (Å²) in [5.41, 5.74) is 1.65. The van der Waals surface area contributed by atoms with Gasteiger partial charge in [-0.25, -0.2) is 4.79 Å². The Morgan fingerprint density at radius 2 is 2.04 bits per heavy atom. The number of fused-ring (bicyclic) bond motifs is 1. The second kappa shape index (κ2) is 6.96. The quantitative estimate of drug-likeness (QED) is 0.796. The number of aryl methyl sites for hydroxylation is 1. The second-order valence-corrected chi connectivity index (χ2v) is 6.13. The van der Waals surface area contributed by atoms with Crippen molar-refractivity contribution < 1.29 is 9.53 Å². The van der Waals surface area contributed by atoms with Gasteiger partial charge in [-0.15, -0.1) is 0 Å². The van der Waals surface area contributed by atoms with Crippen molar-refractivity contribution >= 4 is 16.9 Å². The average molecular weight is 316 g/mol. The molecule has 0 aliphatic carbocycles. The van der Waals surface area contributed by atoms with E-state index in [-0.39, 0.29) is 23.6 Å². The van der Waals surface area contributed by atoms with Gasteiger partial charge in [-0.3, -0.25) is 4.79 Å². The van der Waals surface area contributed by atoms with E-state index < -0.39 is 5.97 Å². The normalized spacial score (nSPS) is 12.6. The van der Waals surface area contributed by atoms with E-state index >= 15 is 0 Å². The predicted molar refractivity (Wildman–Crippen MR) is 92.2 cm³/mol. The summed E-state index contributed by atoms with van der Waals surface area (Å²) >= 11 is 0. The van der Waals surface area contributed by atoms with Crippen LogP contribution >= 0.6 is 0 Å². The first kappa shape index (κ1) is 17.2. The van der Waals surface area contributed by atoms with E-state index in [1.165, 1.54) is 0 Å². The molecule has 124 valence electrons. The van der Waals surface area contributed by atoms with Crippen molar-refractivity contribution in [3.8, 4) is 0 Å². The first-order valence-corrected chi connectivity index (χ1v) is 7.82. The number of benzene rings is 1. The zero-order chi connectivity index (χ0) is 17.1. The molecule has 5 heteroatoms. The van der Waals surface area contributed by atoms with Gasteiger partial charge in [0.15, 0.2) is 0 Å². The zero-order valence-corrected chi connectivity index (χ0v) is 14.4. The Balaban J connectivity index is 2.71. The maximum Gasteiger partial charge on any atom is 0.343 e. The molecular weight excluding hydrogens is 292 g/mol. The van der Waals surface area contributed by atoms with Crippen molar-refractivity contribution in [1.82, 2.24) is 9.47 Å². The second-order valence-electron chi connectivity index (χ2n) is 6.13. The summed E-state index contributed by atoms with van der Waals surface area (Å²) < 4.78 is 7.03. The van der Waals surface area contributed by atoms with Crippen LogP contribution in [0.1, 0.15) is 35.8 Å². The molecule has 1 aromatic carbocycles. The van der Waals surface area contributed by atoms with Crippen LogP contribution in [0.2, 0.25) is 0 Å². The molecule has 1 unspecified atom stereocenters. The van der Waals surface area contributed by atoms with E-state index in [4.69, 9.17) is 4.74 Å². The number of rotatable bonds is 5. The molecule has 0 aliphatic heterocycles. The Kier molecular flexibility index (Phi) is 5.21. The Morgan fingerprint density at radius 3 is 2.65 bits per heavy atom. The number of ether oxygens (including phenoxy) is 1. The fraction of sp³-hybridized carbons (Fsp3) is 0.444. The molecule has 0 amide bonds. The van der Waals surface area contributed by atoms with Gasteiger partial charge in [0.25, 0.3) is 0 Å². The molecule has 1 atom stereocenters. The number of aromatic nitrogens is 1. The van der Waals surface area contributed by atoms with Gasteiger partial charge in [-0.2, -0.15) is 0 Å². The minimum absolute atomic E-state index is 0.0931. The van der Waals surface area contributed by atoms with E-state index in [0.717, 1.165) is 17.6 Å². The lowest BCUT2D eigenvalue weighted by Crippen LogP contribution is -2.26. The van der Waals surface area contributed by atoms with Crippen molar-refractivity contribution in [2.75, 3.05) is 27.2 Å². The predicted octanol–water partition coefficient (Wildman–Crippen LogP) is 2.61. The molecule has 1 aromatic heterocycles. The summed E-state index contributed by atoms with van der Waals surface area (Å²) in [6.07, 6.45) is 1.63. The van der Waals surface area contributed by atoms with Crippen LogP contribution in [0.5, 0.6) is 0 Å². The number of esters is 1. The molecule has 0 spiro atoms. The molecule has 0 bridgehead atoms. The lowest BCUT2D eigenvalue weighted by molar-refractivity contribution is 0.0524. The summed E-state index contributed by atoms with van der Waals surface area (Å²) in [5.74, 6) is -0.563. The number of nitrogens with zero attached hydrogens (tertiary/aromatic N) is 2. The van der Waals surface area contributed by atoms with Gasteiger partial charge in [0.2, 0.25) is 5.43 Å². The smallest absolute Gasteiger partial charge is 0.343 e. The number of hydrogen-bond acceptors (Lipinski definition) is 4. The summed E-state index contributed by atoms with van der Waals surface area (Å²) in [6.45, 7) is 6.78. The van der Waals surface area contributed by atoms with E-state index in [9.17, 15) is 9.59 Å². The SMILES string of the molecule is CCOC(=O)c1cn(C(C)CN(C)C)c2ccc(C)cc2c1=O. The summed E-state index contributed by atoms with van der Waals surface area (Å²) in [5, 5.41) is 0.557. The van der Waals surface area contributed by atoms with Crippen LogP contribution in [0.15, 0.2) is 29.2 Å². The third-order valence-corrected chi connectivity index (χ3v) is 3.79. The Morgan fingerprint density at radius 1 is 1.35 bits per heavy atom. The largest absolute Gasteiger partial charge is 0.462 e. The van der Waals surface area contributed by atoms with Gasteiger partial charge in [0.1, 0.15) is 5.56 Å². The highest BCUT2D eigenvalue weighted by molar-refractivity contribution is 5.94. The maximum atomic E-state index is 12.7. The Hall–Kier alpha value is -2.14. The molecule has 1 heterocycles. The third kappa shape index (κ3) is 3.62. The van der Waals surface area contributed by atoms with E-state index in [1.807, 2.05) is 43.8 Å². The standard InChI is InChI=1S/C18H24N2O3/c1-6-23-18(22)15-11-20(13(3)10-19(4)5)16-8-7-12(2)9-14(16)17(15)21/h7-9,11,13H,6,10H2,1-5H3. The van der Waals surface area contributed by atoms with Gasteiger partial charge in [0.05, 0.1) is 12.1 Å². The van der Waals surface area contributed by atoms with Crippen molar-refractivity contribution in [3.63, 3.8) is 0 Å². The molecule has 0 radical (unpaired) electrons. The van der Waals surface area contributed by atoms with Crippen LogP contribution in [0.3, 0.4) is 0 Å². The highest BCUT2D eigenvalue weighted by Crippen LogP contribution is 2.19. The van der Waals surface area contributed by atoms with E-state index in [1.54, 1.807) is 13.1 Å². The number of pyridine rings is 1. The molecule has 0 saturated carbocycles. The molecule has 0 saturated heterocycles. The molecular formula is C18H24N2O3. The lowest BCUT2D eigenvalue weighted by atomic mass is 10.1. The van der Waals surface area contributed by atoms with Crippen molar-refractivity contribution in [1.29, 1.82) is 0 Å². The number of likely N-dealkylation sites (N-methyl/N-ethyl adjacent to an activating group) is 1. The molecule has 2 rings (SSSR count). The number of carbonyl (C=O) groups is 1. The van der Waals surface area contributed by atoms with Crippen LogP contribution < -0.4 is 5.43 Å². The summed E-state index contributed by atoms with van der Waals surface area (Å²) in [7, 11) is 4.00. The molecule has 0 fully saturated rings. The fourth-order valence-electron chi connectivity index (χ4n) is 2.80. The topological polar surface area (TPSA) is 51.5 Å². The van der Waals surface area contributed by atoms with Gasteiger partial charge in [0, 0.05) is 24.2 Å². The van der Waals surface area contributed by atoms with Gasteiger partial charge < -0.3 is 14.2 Å². The molecule has 0 aliphatic rings. The van der Waals surface area contributed by atoms with Crippen LogP contribution in [0.4, 0.5) is 0 Å². The Bertz CT molecular complexity index is 778. The molecule has 5 nitrogen and oxygen atoms in total. The first-order chi connectivity index (χ1) is 10.8. The van der Waals surface area contributed by atoms with Crippen LogP contribution in [0.25, 0.3) is 10.9 Å². The van der Waals surface area contributed by atoms with Gasteiger partial charge in [-0.1, -0.05) is 11.6 Å². The highest BCUT2D eigenvalue weighted by Gasteiger charge is 2.19. The third-order valence-electron chi connectivity index (χ3n) is 3.79. The molecule has 0 N–H and O–H groups in total. The van der Waals surface area contributed by atoms with Crippen LogP contribution in [0, 0.1) is 6.92 Å². The van der Waals surface area contributed by atoms with Crippen molar-refractivity contribution in [2.24, 2.45) is 0 Å². The highest BCUT2D eigenvalue weighted by atomic mass is 16.5. The minimum Gasteiger partial charge on any atom is -0.462 e. The average Bonchev–Trinajstić information content (AvgIpc) is 2.47. The van der Waals surface area contributed by atoms with Crippen LogP contribution in [-0.2, 0) is 4.74 Å². The monoisotopic (exact) mass is 316 g/mol. The first-order valence-electron chi connectivity index (χ1n) is 7.82. The number of hydrogen-bond donors (Lipinski definition) is 0. The minimum atomic E-state index is -0.563. The van der Waals surface area contributed by atoms with Crippen molar-refractivity contribution in [3.05, 3.63) is 45.7 Å². The lowest BCUT2D eigenvalue weighted by Gasteiger charge is -2.23. The Labute approximate surface area is 136 Å². The number of carbonyl (C=O) groups excluding carboxylic acids is 1. The molecule has 23 heavy (non-hydrogen) atoms. The maximum absolute atomic E-state index is 12.7. The van der Waals surface area contributed by atoms with Crippen LogP contribution in [-0.4, -0.2) is 42.7 Å².